The van der Waals surface area contributed by atoms with Crippen molar-refractivity contribution in [2.45, 2.75) is 32.6 Å². The van der Waals surface area contributed by atoms with E-state index in [4.69, 9.17) is 4.99 Å². The lowest BCUT2D eigenvalue weighted by molar-refractivity contribution is -0.116. The quantitative estimate of drug-likeness (QED) is 0.328. The summed E-state index contributed by atoms with van der Waals surface area (Å²) in [5.74, 6) is 0.945. The number of aryl methyl sites for hydroxylation is 1. The number of nitrogens with zero attached hydrogens (tertiary/aromatic N) is 2. The molecule has 1 aliphatic heterocycles. The van der Waals surface area contributed by atoms with Gasteiger partial charge in [0.05, 0.1) is 6.54 Å². The fraction of sp³-hybridized carbons (Fsp3) is 0.381. The summed E-state index contributed by atoms with van der Waals surface area (Å²) in [7, 11) is 0. The second-order valence-electron chi connectivity index (χ2n) is 6.74. The molecule has 0 fully saturated rings. The molecule has 0 spiro atoms. The first-order valence-corrected chi connectivity index (χ1v) is 9.47. The van der Waals surface area contributed by atoms with Crippen molar-refractivity contribution in [2.24, 2.45) is 4.99 Å². The number of fused-ring (bicyclic) bond motifs is 1. The summed E-state index contributed by atoms with van der Waals surface area (Å²) in [4.78, 5) is 20.8. The van der Waals surface area contributed by atoms with Crippen LogP contribution in [0.2, 0.25) is 0 Å². The van der Waals surface area contributed by atoms with Crippen molar-refractivity contribution in [3.8, 4) is 0 Å². The molecule has 1 aromatic heterocycles. The standard InChI is InChI=1S/C21H27N5O.HI/c1-3-23-21(24-11-9-16-8-10-22-13-15(16)2)25-14-17-12-20(27)26-19-7-5-4-6-18(17)19;/h4-8,10,13,17H,3,9,11-12,14H2,1-2H3,(H,26,27)(H2,23,24,25);1H. The normalized spacial score (nSPS) is 15.9. The molecule has 0 saturated carbocycles. The number of rotatable bonds is 6. The van der Waals surface area contributed by atoms with E-state index in [2.05, 4.69) is 40.0 Å². The Balaban J connectivity index is 0.00000280. The lowest BCUT2D eigenvalue weighted by Gasteiger charge is -2.24. The first kappa shape index (κ1) is 22.1. The highest BCUT2D eigenvalue weighted by Gasteiger charge is 2.24. The number of aliphatic imine (C=N–C) groups is 1. The van der Waals surface area contributed by atoms with Crippen LogP contribution in [0.3, 0.4) is 0 Å². The number of carbonyl (C=O) groups is 1. The Morgan fingerprint density at radius 3 is 2.89 bits per heavy atom. The predicted octanol–water partition coefficient (Wildman–Crippen LogP) is 3.23. The fourth-order valence-electron chi connectivity index (χ4n) is 3.31. The van der Waals surface area contributed by atoms with Crippen LogP contribution in [-0.2, 0) is 11.2 Å². The molecule has 2 aromatic rings. The van der Waals surface area contributed by atoms with Gasteiger partial charge in [-0.3, -0.25) is 14.8 Å². The van der Waals surface area contributed by atoms with Gasteiger partial charge in [-0.2, -0.15) is 0 Å². The summed E-state index contributed by atoms with van der Waals surface area (Å²) >= 11 is 0. The monoisotopic (exact) mass is 493 g/mol. The van der Waals surface area contributed by atoms with Gasteiger partial charge in [0.15, 0.2) is 5.96 Å². The van der Waals surface area contributed by atoms with Crippen molar-refractivity contribution in [2.75, 3.05) is 25.0 Å². The van der Waals surface area contributed by atoms with Gasteiger partial charge in [0.1, 0.15) is 0 Å². The lowest BCUT2D eigenvalue weighted by atomic mass is 9.91. The number of amides is 1. The maximum Gasteiger partial charge on any atom is 0.225 e. The minimum atomic E-state index is 0. The maximum atomic E-state index is 12.0. The van der Waals surface area contributed by atoms with Crippen molar-refractivity contribution in [1.29, 1.82) is 0 Å². The molecule has 1 aromatic carbocycles. The van der Waals surface area contributed by atoms with Gasteiger partial charge >= 0.3 is 0 Å². The molecule has 150 valence electrons. The number of halogens is 1. The molecule has 1 unspecified atom stereocenters. The van der Waals surface area contributed by atoms with Crippen molar-refractivity contribution >= 4 is 41.5 Å². The molecule has 1 amide bonds. The summed E-state index contributed by atoms with van der Waals surface area (Å²) in [6.07, 6.45) is 5.09. The van der Waals surface area contributed by atoms with E-state index in [0.717, 1.165) is 36.7 Å². The van der Waals surface area contributed by atoms with E-state index in [1.807, 2.05) is 37.5 Å². The van der Waals surface area contributed by atoms with E-state index >= 15 is 0 Å². The Bertz CT molecular complexity index is 824. The van der Waals surface area contributed by atoms with Crippen LogP contribution in [0.1, 0.15) is 36.0 Å². The van der Waals surface area contributed by atoms with Crippen LogP contribution in [0.15, 0.2) is 47.7 Å². The van der Waals surface area contributed by atoms with Gasteiger partial charge in [0.25, 0.3) is 0 Å². The van der Waals surface area contributed by atoms with Crippen LogP contribution < -0.4 is 16.0 Å². The predicted molar refractivity (Wildman–Crippen MR) is 125 cm³/mol. The summed E-state index contributed by atoms with van der Waals surface area (Å²) in [5, 5.41) is 9.61. The number of carbonyl (C=O) groups excluding carboxylic acids is 1. The van der Waals surface area contributed by atoms with Gasteiger partial charge in [-0.25, -0.2) is 0 Å². The van der Waals surface area contributed by atoms with Crippen LogP contribution in [0.5, 0.6) is 0 Å². The molecule has 0 radical (unpaired) electrons. The SMILES string of the molecule is CCNC(=NCC1CC(=O)Nc2ccccc21)NCCc1ccncc1C.I. The molecule has 3 N–H and O–H groups in total. The first-order chi connectivity index (χ1) is 13.2. The lowest BCUT2D eigenvalue weighted by Crippen LogP contribution is -2.39. The van der Waals surface area contributed by atoms with E-state index in [-0.39, 0.29) is 35.8 Å². The summed E-state index contributed by atoms with van der Waals surface area (Å²) in [5.41, 5.74) is 4.54. The number of anilines is 1. The van der Waals surface area contributed by atoms with Crippen LogP contribution in [-0.4, -0.2) is 36.5 Å². The minimum absolute atomic E-state index is 0. The van der Waals surface area contributed by atoms with Crippen molar-refractivity contribution in [3.05, 3.63) is 59.4 Å². The average molecular weight is 493 g/mol. The third-order valence-corrected chi connectivity index (χ3v) is 4.74. The number of pyridine rings is 1. The molecule has 28 heavy (non-hydrogen) atoms. The second kappa shape index (κ2) is 11.0. The van der Waals surface area contributed by atoms with Crippen LogP contribution in [0.25, 0.3) is 0 Å². The number of hydrogen-bond acceptors (Lipinski definition) is 3. The van der Waals surface area contributed by atoms with Crippen LogP contribution in [0, 0.1) is 6.92 Å². The Kier molecular flexibility index (Phi) is 8.69. The number of guanidine groups is 1. The molecule has 0 bridgehead atoms. The molecule has 1 aliphatic rings. The van der Waals surface area contributed by atoms with Gasteiger partial charge in [-0.15, -0.1) is 24.0 Å². The third kappa shape index (κ3) is 5.92. The first-order valence-electron chi connectivity index (χ1n) is 9.47. The molecule has 2 heterocycles. The Morgan fingerprint density at radius 1 is 1.29 bits per heavy atom. The molecule has 7 heteroatoms. The molecule has 1 atom stereocenters. The number of hydrogen-bond donors (Lipinski definition) is 3. The van der Waals surface area contributed by atoms with Crippen LogP contribution >= 0.6 is 24.0 Å². The van der Waals surface area contributed by atoms with E-state index in [1.54, 1.807) is 0 Å². The van der Waals surface area contributed by atoms with E-state index in [0.29, 0.717) is 13.0 Å². The number of aromatic nitrogens is 1. The zero-order valence-corrected chi connectivity index (χ0v) is 18.7. The smallest absolute Gasteiger partial charge is 0.225 e. The number of benzene rings is 1. The Morgan fingerprint density at radius 2 is 2.11 bits per heavy atom. The van der Waals surface area contributed by atoms with Gasteiger partial charge in [0, 0.05) is 43.5 Å². The number of nitrogens with one attached hydrogen (secondary N) is 3. The molecular formula is C21H28IN5O. The highest BCUT2D eigenvalue weighted by Crippen LogP contribution is 2.31. The minimum Gasteiger partial charge on any atom is -0.357 e. The van der Waals surface area contributed by atoms with E-state index < -0.39 is 0 Å². The summed E-state index contributed by atoms with van der Waals surface area (Å²) < 4.78 is 0. The van der Waals surface area contributed by atoms with E-state index in [9.17, 15) is 4.79 Å². The van der Waals surface area contributed by atoms with Gasteiger partial charge < -0.3 is 16.0 Å². The fourth-order valence-corrected chi connectivity index (χ4v) is 3.31. The number of para-hydroxylation sites is 1. The van der Waals surface area contributed by atoms with Crippen molar-refractivity contribution in [3.63, 3.8) is 0 Å². The highest BCUT2D eigenvalue weighted by molar-refractivity contribution is 14.0. The van der Waals surface area contributed by atoms with E-state index in [1.165, 1.54) is 11.1 Å². The zero-order chi connectivity index (χ0) is 19.1. The Labute approximate surface area is 183 Å². The Hall–Kier alpha value is -2.16. The zero-order valence-electron chi connectivity index (χ0n) is 16.4. The van der Waals surface area contributed by atoms with Crippen LogP contribution in [0.4, 0.5) is 5.69 Å². The topological polar surface area (TPSA) is 78.4 Å². The highest BCUT2D eigenvalue weighted by atomic mass is 127. The molecule has 0 saturated heterocycles. The largest absolute Gasteiger partial charge is 0.357 e. The van der Waals surface area contributed by atoms with Gasteiger partial charge in [0.2, 0.25) is 5.91 Å². The third-order valence-electron chi connectivity index (χ3n) is 4.74. The molecule has 0 aliphatic carbocycles. The summed E-state index contributed by atoms with van der Waals surface area (Å²) in [6, 6.07) is 10.0. The summed E-state index contributed by atoms with van der Waals surface area (Å²) in [6.45, 7) is 6.29. The molecule has 3 rings (SSSR count). The van der Waals surface area contributed by atoms with Gasteiger partial charge in [-0.05, 0) is 49.1 Å². The maximum absolute atomic E-state index is 12.0. The van der Waals surface area contributed by atoms with Crippen molar-refractivity contribution in [1.82, 2.24) is 15.6 Å². The molecular weight excluding hydrogens is 465 g/mol. The van der Waals surface area contributed by atoms with Gasteiger partial charge in [-0.1, -0.05) is 18.2 Å². The van der Waals surface area contributed by atoms with Crippen molar-refractivity contribution < 1.29 is 4.79 Å². The molecule has 6 nitrogen and oxygen atoms in total. The average Bonchev–Trinajstić information content (AvgIpc) is 2.67. The second-order valence-corrected chi connectivity index (χ2v) is 6.74.